The number of likely N-dealkylation sites (tertiary alicyclic amines) is 1. The maximum Gasteiger partial charge on any atom is 0.407 e. The first-order chi connectivity index (χ1) is 6.15. The molecule has 1 aliphatic heterocycles. The average Bonchev–Trinajstić information content (AvgIpc) is 2.08. The quantitative estimate of drug-likeness (QED) is 0.382. The number of rotatable bonds is 1. The summed E-state index contributed by atoms with van der Waals surface area (Å²) in [6, 6.07) is -0.167. The highest BCUT2D eigenvalue weighted by Crippen LogP contribution is 2.19. The molecule has 2 unspecified atom stereocenters. The Bertz CT molecular complexity index is 249. The Morgan fingerprint density at radius 2 is 2.38 bits per heavy atom. The van der Waals surface area contributed by atoms with Crippen LogP contribution >= 0.6 is 0 Å². The van der Waals surface area contributed by atoms with Crippen molar-refractivity contribution in [1.82, 2.24) is 4.90 Å². The lowest BCUT2D eigenvalue weighted by molar-refractivity contribution is 0.106. The predicted molar refractivity (Wildman–Crippen MR) is 46.4 cm³/mol. The standard InChI is InChI=1S/C7H12N4O2/c1-5-2-3-6(9-10-8)4-11(5)7(12)13/h5-6H,2-4H2,1H3,(H,12,13). The highest BCUT2D eigenvalue weighted by atomic mass is 16.4. The normalized spacial score (nSPS) is 27.9. The molecule has 0 spiro atoms. The molecule has 1 heterocycles. The van der Waals surface area contributed by atoms with Gasteiger partial charge >= 0.3 is 6.09 Å². The number of piperidine rings is 1. The fourth-order valence-electron chi connectivity index (χ4n) is 1.52. The largest absolute Gasteiger partial charge is 0.465 e. The summed E-state index contributed by atoms with van der Waals surface area (Å²) in [6.07, 6.45) is 0.593. The van der Waals surface area contributed by atoms with E-state index in [0.29, 0.717) is 6.54 Å². The van der Waals surface area contributed by atoms with Crippen LogP contribution in [0.4, 0.5) is 4.79 Å². The van der Waals surface area contributed by atoms with Crippen LogP contribution in [0.5, 0.6) is 0 Å². The van der Waals surface area contributed by atoms with Crippen LogP contribution in [0.3, 0.4) is 0 Å². The number of hydrogen-bond acceptors (Lipinski definition) is 2. The van der Waals surface area contributed by atoms with Gasteiger partial charge in [0.15, 0.2) is 0 Å². The number of hydrogen-bond donors (Lipinski definition) is 1. The topological polar surface area (TPSA) is 89.3 Å². The van der Waals surface area contributed by atoms with Crippen LogP contribution in [-0.4, -0.2) is 34.7 Å². The number of amides is 1. The van der Waals surface area contributed by atoms with E-state index in [1.165, 1.54) is 4.90 Å². The van der Waals surface area contributed by atoms with Gasteiger partial charge in [0.05, 0.1) is 6.04 Å². The molecule has 1 fully saturated rings. The maximum absolute atomic E-state index is 10.7. The molecule has 2 atom stereocenters. The molecule has 0 aliphatic carbocycles. The van der Waals surface area contributed by atoms with Gasteiger partial charge in [-0.25, -0.2) is 4.79 Å². The minimum Gasteiger partial charge on any atom is -0.465 e. The third kappa shape index (κ3) is 2.26. The number of azide groups is 1. The number of carboxylic acid groups (broad SMARTS) is 1. The molecule has 0 aromatic rings. The van der Waals surface area contributed by atoms with E-state index in [-0.39, 0.29) is 12.1 Å². The Morgan fingerprint density at radius 3 is 2.92 bits per heavy atom. The first kappa shape index (κ1) is 9.67. The Balaban J connectivity index is 2.62. The zero-order valence-electron chi connectivity index (χ0n) is 7.42. The summed E-state index contributed by atoms with van der Waals surface area (Å²) >= 11 is 0. The van der Waals surface area contributed by atoms with Gasteiger partial charge in [-0.15, -0.1) is 0 Å². The van der Waals surface area contributed by atoms with Crippen LogP contribution in [0.2, 0.25) is 0 Å². The van der Waals surface area contributed by atoms with Crippen molar-refractivity contribution in [2.45, 2.75) is 31.8 Å². The van der Waals surface area contributed by atoms with Crippen LogP contribution in [0, 0.1) is 0 Å². The Morgan fingerprint density at radius 1 is 1.69 bits per heavy atom. The molecule has 1 N–H and O–H groups in total. The van der Waals surface area contributed by atoms with Gasteiger partial charge in [0.2, 0.25) is 0 Å². The molecule has 0 bridgehead atoms. The van der Waals surface area contributed by atoms with Crippen LogP contribution in [-0.2, 0) is 0 Å². The van der Waals surface area contributed by atoms with Crippen molar-refractivity contribution < 1.29 is 9.90 Å². The smallest absolute Gasteiger partial charge is 0.407 e. The Kier molecular flexibility index (Phi) is 2.97. The minimum absolute atomic E-state index is 0.0302. The van der Waals surface area contributed by atoms with Crippen molar-refractivity contribution in [3.05, 3.63) is 10.4 Å². The third-order valence-electron chi connectivity index (χ3n) is 2.32. The molecule has 1 amide bonds. The highest BCUT2D eigenvalue weighted by Gasteiger charge is 2.27. The van der Waals surface area contributed by atoms with Crippen LogP contribution in [0.25, 0.3) is 10.4 Å². The SMILES string of the molecule is CC1CCC(N=[N+]=[N-])CN1C(=O)O. The second kappa shape index (κ2) is 4.00. The first-order valence-electron chi connectivity index (χ1n) is 4.19. The lowest BCUT2D eigenvalue weighted by Crippen LogP contribution is -2.46. The Labute approximate surface area is 75.8 Å². The van der Waals surface area contributed by atoms with E-state index in [0.717, 1.165) is 12.8 Å². The fraction of sp³-hybridized carbons (Fsp3) is 0.857. The van der Waals surface area contributed by atoms with Crippen molar-refractivity contribution in [3.8, 4) is 0 Å². The molecular formula is C7H12N4O2. The van der Waals surface area contributed by atoms with E-state index in [9.17, 15) is 4.79 Å². The van der Waals surface area contributed by atoms with Crippen molar-refractivity contribution in [3.63, 3.8) is 0 Å². The molecule has 1 rings (SSSR count). The third-order valence-corrected chi connectivity index (χ3v) is 2.32. The second-order valence-electron chi connectivity index (χ2n) is 3.22. The van der Waals surface area contributed by atoms with Crippen molar-refractivity contribution >= 4 is 6.09 Å². The predicted octanol–water partition coefficient (Wildman–Crippen LogP) is 1.83. The average molecular weight is 184 g/mol. The van der Waals surface area contributed by atoms with Gasteiger partial charge in [-0.05, 0) is 25.3 Å². The Hall–Kier alpha value is -1.42. The lowest BCUT2D eigenvalue weighted by Gasteiger charge is -2.34. The van der Waals surface area contributed by atoms with E-state index >= 15 is 0 Å². The molecule has 0 radical (unpaired) electrons. The molecule has 0 aromatic heterocycles. The molecule has 6 heteroatoms. The second-order valence-corrected chi connectivity index (χ2v) is 3.22. The first-order valence-corrected chi connectivity index (χ1v) is 4.19. The van der Waals surface area contributed by atoms with Gasteiger partial charge in [0.1, 0.15) is 0 Å². The van der Waals surface area contributed by atoms with Crippen LogP contribution < -0.4 is 0 Å². The van der Waals surface area contributed by atoms with E-state index in [1.807, 2.05) is 6.92 Å². The minimum atomic E-state index is -0.940. The lowest BCUT2D eigenvalue weighted by atomic mass is 10.0. The van der Waals surface area contributed by atoms with Crippen LogP contribution in [0.15, 0.2) is 5.11 Å². The van der Waals surface area contributed by atoms with E-state index in [4.69, 9.17) is 10.6 Å². The van der Waals surface area contributed by atoms with Crippen molar-refractivity contribution in [1.29, 1.82) is 0 Å². The molecule has 0 aromatic carbocycles. The molecule has 0 saturated carbocycles. The zero-order valence-corrected chi connectivity index (χ0v) is 7.42. The maximum atomic E-state index is 10.7. The summed E-state index contributed by atoms with van der Waals surface area (Å²) < 4.78 is 0. The molecule has 6 nitrogen and oxygen atoms in total. The monoisotopic (exact) mass is 184 g/mol. The summed E-state index contributed by atoms with van der Waals surface area (Å²) in [7, 11) is 0. The molecular weight excluding hydrogens is 172 g/mol. The van der Waals surface area contributed by atoms with Gasteiger partial charge in [-0.1, -0.05) is 5.11 Å². The number of carbonyl (C=O) groups is 1. The molecule has 1 saturated heterocycles. The number of nitrogens with zero attached hydrogens (tertiary/aromatic N) is 4. The van der Waals surface area contributed by atoms with Crippen molar-refractivity contribution in [2.24, 2.45) is 5.11 Å². The van der Waals surface area contributed by atoms with Gasteiger partial charge in [-0.2, -0.15) is 0 Å². The van der Waals surface area contributed by atoms with Crippen molar-refractivity contribution in [2.75, 3.05) is 6.54 Å². The zero-order chi connectivity index (χ0) is 9.84. The van der Waals surface area contributed by atoms with Gasteiger partial charge in [0.25, 0.3) is 0 Å². The molecule has 13 heavy (non-hydrogen) atoms. The summed E-state index contributed by atoms with van der Waals surface area (Å²) in [5.74, 6) is 0. The molecule has 1 aliphatic rings. The summed E-state index contributed by atoms with van der Waals surface area (Å²) in [6.45, 7) is 2.18. The summed E-state index contributed by atoms with van der Waals surface area (Å²) in [5.41, 5.74) is 8.20. The van der Waals surface area contributed by atoms with Gasteiger partial charge in [0, 0.05) is 17.5 Å². The van der Waals surface area contributed by atoms with E-state index in [1.54, 1.807) is 0 Å². The summed E-state index contributed by atoms with van der Waals surface area (Å²) in [5, 5.41) is 12.3. The van der Waals surface area contributed by atoms with E-state index < -0.39 is 6.09 Å². The fourth-order valence-corrected chi connectivity index (χ4v) is 1.52. The van der Waals surface area contributed by atoms with Gasteiger partial charge in [-0.3, -0.25) is 0 Å². The van der Waals surface area contributed by atoms with Crippen LogP contribution in [0.1, 0.15) is 19.8 Å². The molecule has 72 valence electrons. The van der Waals surface area contributed by atoms with Gasteiger partial charge < -0.3 is 10.0 Å². The van der Waals surface area contributed by atoms with E-state index in [2.05, 4.69) is 10.0 Å². The summed E-state index contributed by atoms with van der Waals surface area (Å²) in [4.78, 5) is 14.7. The highest BCUT2D eigenvalue weighted by molar-refractivity contribution is 5.65.